The van der Waals surface area contributed by atoms with E-state index in [1.807, 2.05) is 0 Å². The van der Waals surface area contributed by atoms with Gasteiger partial charge in [0.05, 0.1) is 0 Å². The molecule has 0 heterocycles. The summed E-state index contributed by atoms with van der Waals surface area (Å²) < 4.78 is 5.19. The van der Waals surface area contributed by atoms with Crippen molar-refractivity contribution in [2.24, 2.45) is 5.92 Å². The van der Waals surface area contributed by atoms with Crippen LogP contribution in [0.5, 0.6) is 0 Å². The topological polar surface area (TPSA) is 0 Å². The van der Waals surface area contributed by atoms with Crippen molar-refractivity contribution in [3.05, 3.63) is 158 Å². The Hall–Kier alpha value is -2.80. The van der Waals surface area contributed by atoms with Crippen LogP contribution in [0.25, 0.3) is 5.57 Å². The van der Waals surface area contributed by atoms with Crippen LogP contribution in [0.2, 0.25) is 0 Å². The first-order chi connectivity index (χ1) is 18.4. The Kier molecular flexibility index (Phi) is 6.33. The van der Waals surface area contributed by atoms with Gasteiger partial charge in [0.2, 0.25) is 0 Å². The van der Waals surface area contributed by atoms with E-state index in [1.54, 1.807) is 9.82 Å². The number of hydrogen-bond donors (Lipinski definition) is 0. The minimum atomic E-state index is -4.41. The molecular weight excluding hydrogens is 552 g/mol. The zero-order valence-corrected chi connectivity index (χ0v) is 26.8. The van der Waals surface area contributed by atoms with E-state index >= 15 is 0 Å². The third-order valence-electron chi connectivity index (χ3n) is 9.81. The van der Waals surface area contributed by atoms with Gasteiger partial charge in [-0.3, -0.25) is 0 Å². The number of allylic oxidation sites excluding steroid dienone is 5. The quantitative estimate of drug-likeness (QED) is 0.215. The van der Waals surface area contributed by atoms with Gasteiger partial charge in [0, 0.05) is 0 Å². The molecule has 2 atom stereocenters. The zero-order valence-electron chi connectivity index (χ0n) is 22.9. The molecule has 0 saturated heterocycles. The normalized spacial score (nSPS) is 19.6. The number of hydrogen-bond acceptors (Lipinski definition) is 0. The van der Waals surface area contributed by atoms with E-state index in [-0.39, 0.29) is 0 Å². The van der Waals surface area contributed by atoms with E-state index in [9.17, 15) is 0 Å². The van der Waals surface area contributed by atoms with Crippen molar-refractivity contribution in [1.29, 1.82) is 0 Å². The third-order valence-corrected chi connectivity index (χ3v) is 37.2. The molecule has 0 saturated carbocycles. The van der Waals surface area contributed by atoms with Crippen LogP contribution in [0.3, 0.4) is 0 Å². The molecule has 188 valence electrons. The van der Waals surface area contributed by atoms with Gasteiger partial charge in [0.15, 0.2) is 0 Å². The molecule has 2 aliphatic carbocycles. The fourth-order valence-corrected chi connectivity index (χ4v) is 34.6. The molecular formula is C36H36SiZr. The molecule has 6 rings (SSSR count). The molecule has 2 heteroatoms. The van der Waals surface area contributed by atoms with Gasteiger partial charge in [-0.25, -0.2) is 0 Å². The summed E-state index contributed by atoms with van der Waals surface area (Å²) in [5.41, 5.74) is 10.1. The van der Waals surface area contributed by atoms with Crippen LogP contribution in [0.1, 0.15) is 48.0 Å². The first-order valence-corrected chi connectivity index (χ1v) is 24.8. The second-order valence-electron chi connectivity index (χ2n) is 11.4. The SMILES string of the molecule is CC1=C(C)C(C)[C]([Zr](=[SiH2])([c]2ccccc2)([c]2ccccc2)[CH]2C=C(c3ccccc3)c3ccccc32)=C1C. The van der Waals surface area contributed by atoms with Crippen LogP contribution in [-0.4, -0.2) is 6.88 Å². The molecule has 0 radical (unpaired) electrons. The predicted octanol–water partition coefficient (Wildman–Crippen LogP) is 7.32. The summed E-state index contributed by atoms with van der Waals surface area (Å²) in [5.74, 6) is 0.430. The molecule has 0 N–H and O–H groups in total. The number of rotatable bonds is 5. The van der Waals surface area contributed by atoms with Gasteiger partial charge < -0.3 is 0 Å². The minimum absolute atomic E-state index is 0.331. The van der Waals surface area contributed by atoms with E-state index in [0.717, 1.165) is 0 Å². The molecule has 0 amide bonds. The predicted molar refractivity (Wildman–Crippen MR) is 164 cm³/mol. The Balaban J connectivity index is 1.81. The van der Waals surface area contributed by atoms with Gasteiger partial charge in [-0.2, -0.15) is 0 Å². The van der Waals surface area contributed by atoms with Crippen molar-refractivity contribution in [1.82, 2.24) is 0 Å². The van der Waals surface area contributed by atoms with Gasteiger partial charge >= 0.3 is 232 Å². The Morgan fingerprint density at radius 1 is 0.605 bits per heavy atom. The Morgan fingerprint density at radius 3 is 1.63 bits per heavy atom. The summed E-state index contributed by atoms with van der Waals surface area (Å²) >= 11 is -4.41. The number of fused-ring (bicyclic) bond motifs is 1. The van der Waals surface area contributed by atoms with E-state index in [2.05, 4.69) is 156 Å². The first-order valence-electron chi connectivity index (χ1n) is 13.8. The van der Waals surface area contributed by atoms with Gasteiger partial charge in [-0.05, 0) is 0 Å². The van der Waals surface area contributed by atoms with Gasteiger partial charge in [0.25, 0.3) is 0 Å². The average molecular weight is 588 g/mol. The van der Waals surface area contributed by atoms with Crippen molar-refractivity contribution in [2.75, 3.05) is 0 Å². The van der Waals surface area contributed by atoms with Crippen molar-refractivity contribution < 1.29 is 17.4 Å². The molecule has 4 aromatic rings. The monoisotopic (exact) mass is 586 g/mol. The molecule has 0 spiro atoms. The first kappa shape index (κ1) is 25.5. The summed E-state index contributed by atoms with van der Waals surface area (Å²) in [6, 6.07) is 43.5. The van der Waals surface area contributed by atoms with Crippen molar-refractivity contribution in [3.8, 4) is 0 Å². The molecule has 0 fully saturated rings. The van der Waals surface area contributed by atoms with Crippen LogP contribution >= 0.6 is 0 Å². The van der Waals surface area contributed by atoms with E-state index in [0.29, 0.717) is 9.54 Å². The summed E-state index contributed by atoms with van der Waals surface area (Å²) in [5, 5.41) is 0. The fraction of sp³-hybridized carbons (Fsp3) is 0.167. The standard InChI is InChI=1S/C15H11.C9H13.2C6H5.H2Si.Zr/c1-2-6-12(7-3-1)15-11-10-13-8-4-5-9-14(13)15;1-6-5-7(2)9(4)8(6)3;2*1-2-4-6-5-3-1;;/h1-11H;6H,1-4H3;2*1-5H;1H2;. The van der Waals surface area contributed by atoms with Gasteiger partial charge in [0.1, 0.15) is 0 Å². The maximum absolute atomic E-state index is 4.41. The summed E-state index contributed by atoms with van der Waals surface area (Å²) in [4.78, 5) is 0. The molecule has 38 heavy (non-hydrogen) atoms. The van der Waals surface area contributed by atoms with Gasteiger partial charge in [-0.15, -0.1) is 0 Å². The molecule has 0 aliphatic heterocycles. The molecule has 0 nitrogen and oxygen atoms in total. The fourth-order valence-electron chi connectivity index (χ4n) is 7.69. The Morgan fingerprint density at radius 2 is 1.11 bits per heavy atom. The maximum atomic E-state index is 2.67. The second-order valence-corrected chi connectivity index (χ2v) is 33.3. The van der Waals surface area contributed by atoms with Crippen LogP contribution in [0.4, 0.5) is 0 Å². The molecule has 0 aromatic heterocycles. The van der Waals surface area contributed by atoms with Crippen molar-refractivity contribution in [3.63, 3.8) is 0 Å². The molecule has 2 aliphatic rings. The Bertz CT molecular complexity index is 1640. The molecule has 0 bridgehead atoms. The summed E-state index contributed by atoms with van der Waals surface area (Å²) in [6.45, 7) is 12.0. The number of benzene rings is 4. The van der Waals surface area contributed by atoms with E-state index < -0.39 is 17.4 Å². The van der Waals surface area contributed by atoms with E-state index in [1.165, 1.54) is 39.0 Å². The van der Waals surface area contributed by atoms with Crippen LogP contribution < -0.4 is 6.54 Å². The Labute approximate surface area is 230 Å². The van der Waals surface area contributed by atoms with Crippen LogP contribution in [0, 0.1) is 5.92 Å². The zero-order chi connectivity index (χ0) is 26.5. The van der Waals surface area contributed by atoms with Crippen LogP contribution in [-0.2, 0) is 17.4 Å². The van der Waals surface area contributed by atoms with Crippen molar-refractivity contribution >= 4 is 19.0 Å². The average Bonchev–Trinajstić information content (AvgIpc) is 3.46. The van der Waals surface area contributed by atoms with Gasteiger partial charge in [-0.1, -0.05) is 0 Å². The third kappa shape index (κ3) is 3.43. The van der Waals surface area contributed by atoms with Crippen LogP contribution in [0.15, 0.2) is 141 Å². The second kappa shape index (κ2) is 9.44. The van der Waals surface area contributed by atoms with Crippen molar-refractivity contribution in [2.45, 2.75) is 31.3 Å². The molecule has 2 unspecified atom stereocenters. The molecule has 4 aromatic carbocycles. The summed E-state index contributed by atoms with van der Waals surface area (Å²) in [7, 11) is 0. The summed E-state index contributed by atoms with van der Waals surface area (Å²) in [6.07, 6.45) is 2.67. The van der Waals surface area contributed by atoms with E-state index in [4.69, 9.17) is 0 Å².